The van der Waals surface area contributed by atoms with Gasteiger partial charge in [0, 0.05) is 25.4 Å². The van der Waals surface area contributed by atoms with Crippen LogP contribution in [0.25, 0.3) is 11.0 Å². The second kappa shape index (κ2) is 9.20. The Bertz CT molecular complexity index is 713. The third-order valence-electron chi connectivity index (χ3n) is 5.52. The number of amides is 1. The van der Waals surface area contributed by atoms with E-state index in [9.17, 15) is 4.79 Å². The fraction of sp³-hybridized carbons (Fsp3) is 0.636. The van der Waals surface area contributed by atoms with Gasteiger partial charge in [-0.05, 0) is 43.7 Å². The summed E-state index contributed by atoms with van der Waals surface area (Å²) in [6.45, 7) is 6.30. The van der Waals surface area contributed by atoms with Crippen molar-refractivity contribution >= 4 is 16.9 Å². The molecule has 0 spiro atoms. The Morgan fingerprint density at radius 2 is 2.00 bits per heavy atom. The van der Waals surface area contributed by atoms with Gasteiger partial charge >= 0.3 is 0 Å². The van der Waals surface area contributed by atoms with Crippen molar-refractivity contribution in [2.75, 3.05) is 6.54 Å². The van der Waals surface area contributed by atoms with Gasteiger partial charge in [0.05, 0.1) is 11.0 Å². The van der Waals surface area contributed by atoms with Gasteiger partial charge in [-0.15, -0.1) is 0 Å². The van der Waals surface area contributed by atoms with Crippen molar-refractivity contribution in [1.82, 2.24) is 14.9 Å². The second-order valence-corrected chi connectivity index (χ2v) is 8.08. The van der Waals surface area contributed by atoms with E-state index >= 15 is 0 Å². The van der Waals surface area contributed by atoms with Crippen molar-refractivity contribution in [2.24, 2.45) is 11.8 Å². The highest BCUT2D eigenvalue weighted by Crippen LogP contribution is 2.23. The molecule has 4 nitrogen and oxygen atoms in total. The molecule has 0 unspecified atom stereocenters. The Morgan fingerprint density at radius 1 is 1.23 bits per heavy atom. The topological polar surface area (TPSA) is 46.9 Å². The van der Waals surface area contributed by atoms with E-state index in [2.05, 4.69) is 48.0 Å². The van der Waals surface area contributed by atoms with Gasteiger partial charge in [-0.1, -0.05) is 45.2 Å². The van der Waals surface area contributed by atoms with Crippen LogP contribution < -0.4 is 5.32 Å². The van der Waals surface area contributed by atoms with Crippen LogP contribution in [0.4, 0.5) is 0 Å². The summed E-state index contributed by atoms with van der Waals surface area (Å²) in [5, 5.41) is 3.15. The maximum atomic E-state index is 12.3. The highest BCUT2D eigenvalue weighted by molar-refractivity contribution is 5.78. The lowest BCUT2D eigenvalue weighted by molar-refractivity contribution is -0.125. The summed E-state index contributed by atoms with van der Waals surface area (Å²) in [7, 11) is 0. The first-order chi connectivity index (χ1) is 12.6. The van der Waals surface area contributed by atoms with Crippen molar-refractivity contribution in [3.8, 4) is 0 Å². The van der Waals surface area contributed by atoms with Crippen molar-refractivity contribution in [1.29, 1.82) is 0 Å². The summed E-state index contributed by atoms with van der Waals surface area (Å²) < 4.78 is 2.37. The molecule has 0 bridgehead atoms. The zero-order chi connectivity index (χ0) is 18.4. The predicted molar refractivity (Wildman–Crippen MR) is 107 cm³/mol. The minimum absolute atomic E-state index is 0.249. The number of aromatic nitrogens is 2. The average molecular weight is 356 g/mol. The summed E-state index contributed by atoms with van der Waals surface area (Å²) in [5.74, 6) is 2.34. The number of aryl methyl sites for hydroxylation is 2. The van der Waals surface area contributed by atoms with Gasteiger partial charge < -0.3 is 9.88 Å². The first kappa shape index (κ1) is 18.9. The van der Waals surface area contributed by atoms with Crippen molar-refractivity contribution in [3.05, 3.63) is 30.1 Å². The third-order valence-corrected chi connectivity index (χ3v) is 5.52. The Hall–Kier alpha value is -1.84. The maximum absolute atomic E-state index is 12.3. The molecule has 1 aromatic carbocycles. The number of hydrogen-bond acceptors (Lipinski definition) is 2. The number of nitrogens with zero attached hydrogens (tertiary/aromatic N) is 2. The number of benzene rings is 1. The highest BCUT2D eigenvalue weighted by atomic mass is 16.1. The molecule has 3 rings (SSSR count). The molecule has 1 aliphatic rings. The van der Waals surface area contributed by atoms with Crippen molar-refractivity contribution in [2.45, 2.75) is 71.8 Å². The van der Waals surface area contributed by atoms with Gasteiger partial charge in [0.1, 0.15) is 5.82 Å². The van der Waals surface area contributed by atoms with Crippen LogP contribution in [0.15, 0.2) is 24.3 Å². The first-order valence-corrected chi connectivity index (χ1v) is 10.4. The minimum Gasteiger partial charge on any atom is -0.356 e. The second-order valence-electron chi connectivity index (χ2n) is 8.08. The van der Waals surface area contributed by atoms with Crippen LogP contribution in [0.1, 0.15) is 64.6 Å². The molecule has 0 aliphatic heterocycles. The molecule has 4 heteroatoms. The number of carbonyl (C=O) groups is 1. The maximum Gasteiger partial charge on any atom is 0.223 e. The number of para-hydroxylation sites is 2. The third kappa shape index (κ3) is 4.87. The lowest BCUT2D eigenvalue weighted by atomic mass is 9.89. The molecule has 1 fully saturated rings. The quantitative estimate of drug-likeness (QED) is 0.697. The zero-order valence-corrected chi connectivity index (χ0v) is 16.3. The van der Waals surface area contributed by atoms with Crippen LogP contribution in [0.5, 0.6) is 0 Å². The van der Waals surface area contributed by atoms with E-state index in [0.29, 0.717) is 5.92 Å². The average Bonchev–Trinajstić information content (AvgIpc) is 3.01. The van der Waals surface area contributed by atoms with E-state index < -0.39 is 0 Å². The summed E-state index contributed by atoms with van der Waals surface area (Å²) in [4.78, 5) is 17.1. The van der Waals surface area contributed by atoms with Gasteiger partial charge in [-0.25, -0.2) is 4.98 Å². The van der Waals surface area contributed by atoms with Crippen LogP contribution in [-0.4, -0.2) is 22.0 Å². The Morgan fingerprint density at radius 3 is 2.77 bits per heavy atom. The number of nitrogens with one attached hydrogen (secondary N) is 1. The molecule has 0 atom stereocenters. The fourth-order valence-corrected chi connectivity index (χ4v) is 3.92. The number of fused-ring (bicyclic) bond motifs is 1. The number of carbonyl (C=O) groups excluding carboxylic acids is 1. The smallest absolute Gasteiger partial charge is 0.223 e. The molecule has 26 heavy (non-hydrogen) atoms. The first-order valence-electron chi connectivity index (χ1n) is 10.4. The van der Waals surface area contributed by atoms with E-state index in [1.165, 1.54) is 24.8 Å². The Balaban J connectivity index is 1.56. The van der Waals surface area contributed by atoms with E-state index in [-0.39, 0.29) is 11.8 Å². The van der Waals surface area contributed by atoms with Crippen LogP contribution in [-0.2, 0) is 17.8 Å². The normalized spacial score (nSPS) is 15.7. The zero-order valence-electron chi connectivity index (χ0n) is 16.3. The molecule has 1 aromatic heterocycles. The van der Waals surface area contributed by atoms with Gasteiger partial charge in [0.15, 0.2) is 0 Å². The summed E-state index contributed by atoms with van der Waals surface area (Å²) >= 11 is 0. The van der Waals surface area contributed by atoms with Gasteiger partial charge in [0.2, 0.25) is 5.91 Å². The van der Waals surface area contributed by atoms with E-state index in [0.717, 1.165) is 56.5 Å². The summed E-state index contributed by atoms with van der Waals surface area (Å²) in [6.07, 6.45) is 8.85. The van der Waals surface area contributed by atoms with Crippen LogP contribution in [0.2, 0.25) is 0 Å². The van der Waals surface area contributed by atoms with Crippen molar-refractivity contribution in [3.63, 3.8) is 0 Å². The standard InChI is InChI=1S/C22H33N3O/c1-17(2)14-16-25-20-12-7-6-11-19(20)24-21(25)13-8-15-23-22(26)18-9-4-3-5-10-18/h6-7,11-12,17-18H,3-5,8-10,13-16H2,1-2H3,(H,23,26). The highest BCUT2D eigenvalue weighted by Gasteiger charge is 2.20. The molecular weight excluding hydrogens is 322 g/mol. The molecular formula is C22H33N3O. The Labute approximate surface area is 157 Å². The molecule has 1 heterocycles. The van der Waals surface area contributed by atoms with E-state index in [4.69, 9.17) is 4.98 Å². The fourth-order valence-electron chi connectivity index (χ4n) is 3.92. The lowest BCUT2D eigenvalue weighted by Crippen LogP contribution is -2.32. The summed E-state index contributed by atoms with van der Waals surface area (Å²) in [6, 6.07) is 8.40. The monoisotopic (exact) mass is 355 g/mol. The predicted octanol–water partition coefficient (Wildman–Crippen LogP) is 4.71. The van der Waals surface area contributed by atoms with Crippen LogP contribution in [0.3, 0.4) is 0 Å². The molecule has 142 valence electrons. The largest absolute Gasteiger partial charge is 0.356 e. The van der Waals surface area contributed by atoms with Crippen LogP contribution >= 0.6 is 0 Å². The van der Waals surface area contributed by atoms with E-state index in [1.54, 1.807) is 0 Å². The Kier molecular flexibility index (Phi) is 6.70. The SMILES string of the molecule is CC(C)CCn1c(CCCNC(=O)C2CCCCC2)nc2ccccc21. The molecule has 1 aliphatic carbocycles. The number of imidazole rings is 1. The number of rotatable bonds is 8. The van der Waals surface area contributed by atoms with Gasteiger partial charge in [-0.2, -0.15) is 0 Å². The molecule has 2 aromatic rings. The van der Waals surface area contributed by atoms with Crippen molar-refractivity contribution < 1.29 is 4.79 Å². The molecule has 0 saturated heterocycles. The molecule has 1 saturated carbocycles. The van der Waals surface area contributed by atoms with E-state index in [1.807, 2.05) is 0 Å². The lowest BCUT2D eigenvalue weighted by Gasteiger charge is -2.20. The van der Waals surface area contributed by atoms with Crippen LogP contribution in [0, 0.1) is 11.8 Å². The van der Waals surface area contributed by atoms with Gasteiger partial charge in [0.25, 0.3) is 0 Å². The number of hydrogen-bond donors (Lipinski definition) is 1. The molecule has 0 radical (unpaired) electrons. The minimum atomic E-state index is 0.249. The molecule has 1 N–H and O–H groups in total. The molecule has 1 amide bonds. The summed E-state index contributed by atoms with van der Waals surface area (Å²) in [5.41, 5.74) is 2.31. The van der Waals surface area contributed by atoms with Gasteiger partial charge in [-0.3, -0.25) is 4.79 Å².